The molecule has 0 heterocycles. The van der Waals surface area contributed by atoms with Gasteiger partial charge in [0.25, 0.3) is 0 Å². The molecule has 3 N–H and O–H groups in total. The number of hydrogen-bond acceptors (Lipinski definition) is 3. The van der Waals surface area contributed by atoms with Crippen molar-refractivity contribution in [3.8, 4) is 5.75 Å². The molecule has 0 amide bonds. The van der Waals surface area contributed by atoms with E-state index >= 15 is 0 Å². The highest BCUT2D eigenvalue weighted by Crippen LogP contribution is 2.18. The van der Waals surface area contributed by atoms with E-state index in [0.29, 0.717) is 6.54 Å². The van der Waals surface area contributed by atoms with Crippen molar-refractivity contribution in [1.82, 2.24) is 0 Å². The van der Waals surface area contributed by atoms with E-state index in [9.17, 15) is 4.39 Å². The summed E-state index contributed by atoms with van der Waals surface area (Å²) in [7, 11) is 3.19. The average molecular weight is 317 g/mol. The van der Waals surface area contributed by atoms with Gasteiger partial charge in [-0.3, -0.25) is 4.99 Å². The minimum atomic E-state index is -0.285. The van der Waals surface area contributed by atoms with E-state index in [1.165, 1.54) is 12.1 Å². The maximum atomic E-state index is 13.0. The minimum absolute atomic E-state index is 0.277. The fourth-order valence-corrected chi connectivity index (χ4v) is 2.04. The fourth-order valence-electron chi connectivity index (χ4n) is 2.04. The number of ether oxygens (including phenoxy) is 2. The number of rotatable bonds is 6. The number of nitrogens with two attached hydrogens (primary N) is 1. The second kappa shape index (κ2) is 8.14. The van der Waals surface area contributed by atoms with Crippen LogP contribution in [0.3, 0.4) is 0 Å². The van der Waals surface area contributed by atoms with Crippen LogP contribution >= 0.6 is 0 Å². The molecular weight excluding hydrogens is 297 g/mol. The molecule has 0 saturated carbocycles. The Morgan fingerprint density at radius 2 is 1.78 bits per heavy atom. The Kier molecular flexibility index (Phi) is 5.94. The zero-order valence-electron chi connectivity index (χ0n) is 13.1. The van der Waals surface area contributed by atoms with Gasteiger partial charge in [0.2, 0.25) is 0 Å². The van der Waals surface area contributed by atoms with E-state index in [1.807, 2.05) is 24.3 Å². The van der Waals surface area contributed by atoms with Crippen molar-refractivity contribution in [2.75, 3.05) is 26.1 Å². The summed E-state index contributed by atoms with van der Waals surface area (Å²) in [6.07, 6.45) is -0.285. The first-order chi connectivity index (χ1) is 11.1. The standard InChI is InChI=1S/C17H20FN3O2/c1-22-15-9-7-14(8-10-15)21-17(19)20-11-16(23-2)12-3-5-13(18)6-4-12/h3-10,16H,11H2,1-2H3,(H3,19,20,21). The van der Waals surface area contributed by atoms with Gasteiger partial charge in [-0.05, 0) is 42.0 Å². The van der Waals surface area contributed by atoms with Crippen LogP contribution in [0.15, 0.2) is 53.5 Å². The fraction of sp³-hybridized carbons (Fsp3) is 0.235. The molecule has 122 valence electrons. The summed E-state index contributed by atoms with van der Waals surface area (Å²) in [6.45, 7) is 0.330. The number of benzene rings is 2. The maximum absolute atomic E-state index is 13.0. The van der Waals surface area contributed by atoms with Crippen molar-refractivity contribution in [3.63, 3.8) is 0 Å². The second-order valence-electron chi connectivity index (χ2n) is 4.86. The number of halogens is 1. The van der Waals surface area contributed by atoms with Crippen molar-refractivity contribution < 1.29 is 13.9 Å². The molecule has 0 radical (unpaired) electrons. The lowest BCUT2D eigenvalue weighted by Crippen LogP contribution is -2.23. The number of guanidine groups is 1. The van der Waals surface area contributed by atoms with Gasteiger partial charge in [-0.2, -0.15) is 0 Å². The Labute approximate surface area is 134 Å². The van der Waals surface area contributed by atoms with E-state index < -0.39 is 0 Å². The third-order valence-corrected chi connectivity index (χ3v) is 3.32. The highest BCUT2D eigenvalue weighted by atomic mass is 19.1. The first-order valence-electron chi connectivity index (χ1n) is 7.11. The molecule has 0 aromatic heterocycles. The number of nitrogens with one attached hydrogen (secondary N) is 1. The smallest absolute Gasteiger partial charge is 0.193 e. The normalized spacial score (nSPS) is 12.7. The molecule has 1 unspecified atom stereocenters. The van der Waals surface area contributed by atoms with E-state index in [0.717, 1.165) is 17.0 Å². The molecule has 1 atom stereocenters. The van der Waals surface area contributed by atoms with Crippen molar-refractivity contribution in [2.24, 2.45) is 10.7 Å². The molecule has 2 rings (SSSR count). The Hall–Kier alpha value is -2.60. The topological polar surface area (TPSA) is 68.9 Å². The molecule has 23 heavy (non-hydrogen) atoms. The summed E-state index contributed by atoms with van der Waals surface area (Å²) >= 11 is 0. The van der Waals surface area contributed by atoms with Crippen LogP contribution in [0.2, 0.25) is 0 Å². The van der Waals surface area contributed by atoms with Crippen LogP contribution in [0.1, 0.15) is 11.7 Å². The van der Waals surface area contributed by atoms with Crippen LogP contribution in [-0.4, -0.2) is 26.7 Å². The van der Waals surface area contributed by atoms with Gasteiger partial charge in [0.15, 0.2) is 5.96 Å². The molecule has 0 spiro atoms. The Bertz CT molecular complexity index is 642. The first-order valence-corrected chi connectivity index (χ1v) is 7.11. The van der Waals surface area contributed by atoms with E-state index in [1.54, 1.807) is 26.4 Å². The quantitative estimate of drug-likeness (QED) is 0.635. The molecule has 0 aliphatic heterocycles. The van der Waals surface area contributed by atoms with Crippen LogP contribution in [0.4, 0.5) is 10.1 Å². The zero-order chi connectivity index (χ0) is 16.7. The van der Waals surface area contributed by atoms with Gasteiger partial charge in [-0.15, -0.1) is 0 Å². The third-order valence-electron chi connectivity index (χ3n) is 3.32. The molecule has 0 saturated heterocycles. The summed E-state index contributed by atoms with van der Waals surface area (Å²) in [5.74, 6) is 0.758. The van der Waals surface area contributed by atoms with E-state index in [4.69, 9.17) is 15.2 Å². The monoisotopic (exact) mass is 317 g/mol. The molecule has 2 aromatic rings. The van der Waals surface area contributed by atoms with Crippen molar-refractivity contribution in [2.45, 2.75) is 6.10 Å². The van der Waals surface area contributed by atoms with Gasteiger partial charge >= 0.3 is 0 Å². The predicted octanol–water partition coefficient (Wildman–Crippen LogP) is 2.95. The lowest BCUT2D eigenvalue weighted by atomic mass is 10.1. The molecule has 0 bridgehead atoms. The van der Waals surface area contributed by atoms with Crippen LogP contribution in [-0.2, 0) is 4.74 Å². The van der Waals surface area contributed by atoms with Crippen molar-refractivity contribution in [3.05, 3.63) is 59.9 Å². The number of anilines is 1. The predicted molar refractivity (Wildman–Crippen MR) is 89.3 cm³/mol. The largest absolute Gasteiger partial charge is 0.497 e. The van der Waals surface area contributed by atoms with E-state index in [-0.39, 0.29) is 17.9 Å². The van der Waals surface area contributed by atoms with Gasteiger partial charge in [0.1, 0.15) is 17.7 Å². The van der Waals surface area contributed by atoms with Crippen LogP contribution in [0, 0.1) is 5.82 Å². The average Bonchev–Trinajstić information content (AvgIpc) is 2.57. The van der Waals surface area contributed by atoms with Crippen LogP contribution < -0.4 is 15.8 Å². The number of aliphatic imine (C=N–C) groups is 1. The third kappa shape index (κ3) is 4.96. The second-order valence-corrected chi connectivity index (χ2v) is 4.86. The number of methoxy groups -OCH3 is 2. The molecular formula is C17H20FN3O2. The highest BCUT2D eigenvalue weighted by Gasteiger charge is 2.10. The highest BCUT2D eigenvalue weighted by molar-refractivity contribution is 5.92. The number of nitrogens with zero attached hydrogens (tertiary/aromatic N) is 1. The molecule has 0 aliphatic rings. The summed E-state index contributed by atoms with van der Waals surface area (Å²) in [5.41, 5.74) is 7.52. The summed E-state index contributed by atoms with van der Waals surface area (Å²) in [5, 5.41) is 2.99. The van der Waals surface area contributed by atoms with Gasteiger partial charge in [-0.25, -0.2) is 4.39 Å². The van der Waals surface area contributed by atoms with E-state index in [2.05, 4.69) is 10.3 Å². The molecule has 6 heteroatoms. The lowest BCUT2D eigenvalue weighted by molar-refractivity contribution is 0.111. The van der Waals surface area contributed by atoms with Crippen molar-refractivity contribution in [1.29, 1.82) is 0 Å². The first kappa shape index (κ1) is 16.8. The number of hydrogen-bond donors (Lipinski definition) is 2. The van der Waals surface area contributed by atoms with Gasteiger partial charge in [0.05, 0.1) is 13.7 Å². The zero-order valence-corrected chi connectivity index (χ0v) is 13.1. The molecule has 5 nitrogen and oxygen atoms in total. The minimum Gasteiger partial charge on any atom is -0.497 e. The Balaban J connectivity index is 1.97. The maximum Gasteiger partial charge on any atom is 0.193 e. The Morgan fingerprint density at radius 1 is 1.13 bits per heavy atom. The summed E-state index contributed by atoms with van der Waals surface area (Å²) in [6, 6.07) is 13.5. The van der Waals surface area contributed by atoms with Crippen LogP contribution in [0.25, 0.3) is 0 Å². The lowest BCUT2D eigenvalue weighted by Gasteiger charge is -2.14. The molecule has 2 aromatic carbocycles. The van der Waals surface area contributed by atoms with Gasteiger partial charge in [-0.1, -0.05) is 12.1 Å². The van der Waals surface area contributed by atoms with Crippen LogP contribution in [0.5, 0.6) is 5.75 Å². The van der Waals surface area contributed by atoms with Gasteiger partial charge in [0, 0.05) is 12.8 Å². The summed E-state index contributed by atoms with van der Waals surface area (Å²) < 4.78 is 23.4. The Morgan fingerprint density at radius 3 is 2.35 bits per heavy atom. The van der Waals surface area contributed by atoms with Gasteiger partial charge < -0.3 is 20.5 Å². The van der Waals surface area contributed by atoms with Crippen molar-refractivity contribution >= 4 is 11.6 Å². The summed E-state index contributed by atoms with van der Waals surface area (Å²) in [4.78, 5) is 4.27. The molecule has 0 aliphatic carbocycles. The SMILES string of the molecule is COc1ccc(NC(N)=NCC(OC)c2ccc(F)cc2)cc1. The molecule has 0 fully saturated rings.